The summed E-state index contributed by atoms with van der Waals surface area (Å²) >= 11 is 0. The number of benzene rings is 1. The van der Waals surface area contributed by atoms with E-state index in [-0.39, 0.29) is 0 Å². The van der Waals surface area contributed by atoms with Gasteiger partial charge in [0.05, 0.1) is 24.5 Å². The van der Waals surface area contributed by atoms with Crippen LogP contribution in [0.5, 0.6) is 0 Å². The summed E-state index contributed by atoms with van der Waals surface area (Å²) in [6.07, 6.45) is -0.406. The Balaban J connectivity index is 1.79. The summed E-state index contributed by atoms with van der Waals surface area (Å²) in [7, 11) is 0. The zero-order chi connectivity index (χ0) is 17.3. The second kappa shape index (κ2) is 6.47. The fourth-order valence-electron chi connectivity index (χ4n) is 2.79. The number of carbonyl (C=O) groups excluding carboxylic acids is 2. The average molecular weight is 328 g/mol. The third-order valence-electron chi connectivity index (χ3n) is 4.18. The fourth-order valence-corrected chi connectivity index (χ4v) is 2.79. The number of hydrogen-bond donors (Lipinski definition) is 0. The minimum absolute atomic E-state index is 0.293. The van der Waals surface area contributed by atoms with Crippen molar-refractivity contribution in [1.82, 2.24) is 9.78 Å². The van der Waals surface area contributed by atoms with Gasteiger partial charge in [-0.15, -0.1) is 0 Å². The molecule has 1 aliphatic heterocycles. The van der Waals surface area contributed by atoms with Crippen molar-refractivity contribution in [2.24, 2.45) is 0 Å². The van der Waals surface area contributed by atoms with Crippen molar-refractivity contribution < 1.29 is 19.1 Å². The highest BCUT2D eigenvalue weighted by Crippen LogP contribution is 2.19. The van der Waals surface area contributed by atoms with Gasteiger partial charge in [-0.05, 0) is 26.3 Å². The monoisotopic (exact) mass is 328 g/mol. The Kier molecular flexibility index (Phi) is 4.38. The smallest absolute Gasteiger partial charge is 0.347 e. The first-order chi connectivity index (χ1) is 11.5. The molecule has 0 bridgehead atoms. The van der Waals surface area contributed by atoms with Crippen LogP contribution in [0.3, 0.4) is 0 Å². The molecule has 3 rings (SSSR count). The molecular weight excluding hydrogens is 308 g/mol. The molecule has 2 heterocycles. The van der Waals surface area contributed by atoms with E-state index in [2.05, 4.69) is 5.10 Å². The van der Waals surface area contributed by atoms with Crippen LogP contribution in [0.1, 0.15) is 39.3 Å². The molecule has 1 saturated heterocycles. The van der Waals surface area contributed by atoms with Crippen LogP contribution in [0.2, 0.25) is 0 Å². The molecule has 0 unspecified atom stereocenters. The second-order valence-electron chi connectivity index (χ2n) is 6.04. The van der Waals surface area contributed by atoms with Gasteiger partial charge in [0, 0.05) is 6.42 Å². The van der Waals surface area contributed by atoms with E-state index >= 15 is 0 Å². The Bertz CT molecular complexity index is 777. The molecule has 6 nitrogen and oxygen atoms in total. The van der Waals surface area contributed by atoms with Crippen LogP contribution in [0, 0.1) is 20.8 Å². The summed E-state index contributed by atoms with van der Waals surface area (Å²) in [4.78, 5) is 23.9. The Morgan fingerprint density at radius 1 is 1.29 bits per heavy atom. The zero-order valence-electron chi connectivity index (χ0n) is 14.0. The number of rotatable bonds is 4. The molecule has 0 amide bonds. The van der Waals surface area contributed by atoms with Gasteiger partial charge < -0.3 is 9.47 Å². The minimum atomic E-state index is -0.809. The van der Waals surface area contributed by atoms with Crippen LogP contribution in [0.4, 0.5) is 0 Å². The van der Waals surface area contributed by atoms with Gasteiger partial charge in [0.25, 0.3) is 0 Å². The topological polar surface area (TPSA) is 70.4 Å². The maximum atomic E-state index is 12.4. The molecule has 1 atom stereocenters. The van der Waals surface area contributed by atoms with Gasteiger partial charge in [-0.2, -0.15) is 5.10 Å². The van der Waals surface area contributed by atoms with Crippen LogP contribution in [-0.4, -0.2) is 34.4 Å². The summed E-state index contributed by atoms with van der Waals surface area (Å²) in [6.45, 7) is 6.50. The Morgan fingerprint density at radius 2 is 2.00 bits per heavy atom. The second-order valence-corrected chi connectivity index (χ2v) is 6.04. The summed E-state index contributed by atoms with van der Waals surface area (Å²) in [5.41, 5.74) is 4.03. The molecule has 1 aliphatic rings. The van der Waals surface area contributed by atoms with E-state index in [0.29, 0.717) is 30.8 Å². The van der Waals surface area contributed by atoms with Gasteiger partial charge >= 0.3 is 11.9 Å². The Morgan fingerprint density at radius 3 is 2.62 bits per heavy atom. The van der Waals surface area contributed by atoms with Crippen molar-refractivity contribution in [3.8, 4) is 0 Å². The summed E-state index contributed by atoms with van der Waals surface area (Å²) in [6, 6.07) is 8.17. The van der Waals surface area contributed by atoms with Gasteiger partial charge in [-0.3, -0.25) is 4.68 Å². The van der Waals surface area contributed by atoms with Crippen molar-refractivity contribution in [2.75, 3.05) is 6.61 Å². The van der Waals surface area contributed by atoms with Crippen molar-refractivity contribution in [3.05, 3.63) is 52.3 Å². The lowest BCUT2D eigenvalue weighted by Gasteiger charge is -2.09. The van der Waals surface area contributed by atoms with E-state index in [0.717, 1.165) is 11.3 Å². The normalized spacial score (nSPS) is 17.0. The van der Waals surface area contributed by atoms with E-state index < -0.39 is 18.0 Å². The highest BCUT2D eigenvalue weighted by molar-refractivity contribution is 5.93. The highest BCUT2D eigenvalue weighted by Gasteiger charge is 2.32. The Labute approximate surface area is 140 Å². The lowest BCUT2D eigenvalue weighted by molar-refractivity contribution is -0.145. The minimum Gasteiger partial charge on any atom is -0.463 e. The van der Waals surface area contributed by atoms with Crippen LogP contribution in [0.15, 0.2) is 24.3 Å². The first-order valence-corrected chi connectivity index (χ1v) is 7.93. The molecular formula is C18H20N2O4. The maximum Gasteiger partial charge on any atom is 0.347 e. The molecule has 0 aliphatic carbocycles. The number of cyclic esters (lactones) is 1. The van der Waals surface area contributed by atoms with Crippen molar-refractivity contribution in [1.29, 1.82) is 0 Å². The van der Waals surface area contributed by atoms with Gasteiger partial charge in [-0.25, -0.2) is 9.59 Å². The average Bonchev–Trinajstić information content (AvgIpc) is 3.05. The zero-order valence-corrected chi connectivity index (χ0v) is 14.0. The molecule has 0 N–H and O–H groups in total. The fraction of sp³-hybridized carbons (Fsp3) is 0.389. The molecule has 0 spiro atoms. The number of nitrogens with zero attached hydrogens (tertiary/aromatic N) is 2. The van der Waals surface area contributed by atoms with E-state index in [1.807, 2.05) is 38.1 Å². The largest absolute Gasteiger partial charge is 0.463 e. The SMILES string of the molecule is Cc1ccc(Cn2nc(C)c(C(=O)O[C@@H]3CCOC3=O)c2C)cc1. The van der Waals surface area contributed by atoms with Crippen molar-refractivity contribution >= 4 is 11.9 Å². The van der Waals surface area contributed by atoms with Gasteiger partial charge in [0.2, 0.25) is 6.10 Å². The number of aromatic nitrogens is 2. The molecule has 1 fully saturated rings. The number of hydrogen-bond acceptors (Lipinski definition) is 5. The molecule has 6 heteroatoms. The number of esters is 2. The van der Waals surface area contributed by atoms with Crippen LogP contribution in [0.25, 0.3) is 0 Å². The first-order valence-electron chi connectivity index (χ1n) is 7.93. The third-order valence-corrected chi connectivity index (χ3v) is 4.18. The summed E-state index contributed by atoms with van der Waals surface area (Å²) in [5, 5.41) is 4.44. The van der Waals surface area contributed by atoms with Crippen molar-refractivity contribution in [2.45, 2.75) is 39.8 Å². The molecule has 126 valence electrons. The van der Waals surface area contributed by atoms with Crippen LogP contribution < -0.4 is 0 Å². The number of carbonyl (C=O) groups is 2. The van der Waals surface area contributed by atoms with E-state index in [1.54, 1.807) is 11.6 Å². The molecule has 1 aromatic heterocycles. The third kappa shape index (κ3) is 3.18. The maximum absolute atomic E-state index is 12.4. The predicted octanol–water partition coefficient (Wildman–Crippen LogP) is 2.33. The number of aryl methyl sites for hydroxylation is 2. The molecule has 0 saturated carbocycles. The van der Waals surface area contributed by atoms with Gasteiger partial charge in [-0.1, -0.05) is 29.8 Å². The molecule has 2 aromatic rings. The van der Waals surface area contributed by atoms with E-state index in [4.69, 9.17) is 9.47 Å². The van der Waals surface area contributed by atoms with Gasteiger partial charge in [0.1, 0.15) is 5.56 Å². The van der Waals surface area contributed by atoms with E-state index in [9.17, 15) is 9.59 Å². The summed E-state index contributed by atoms with van der Waals surface area (Å²) < 4.78 is 11.9. The molecule has 1 aromatic carbocycles. The lowest BCUT2D eigenvalue weighted by atomic mass is 10.1. The van der Waals surface area contributed by atoms with Gasteiger partial charge in [0.15, 0.2) is 0 Å². The predicted molar refractivity (Wildman–Crippen MR) is 86.8 cm³/mol. The van der Waals surface area contributed by atoms with E-state index in [1.165, 1.54) is 5.56 Å². The summed E-state index contributed by atoms with van der Waals surface area (Å²) in [5.74, 6) is -1.00. The van der Waals surface area contributed by atoms with Crippen molar-refractivity contribution in [3.63, 3.8) is 0 Å². The lowest BCUT2D eigenvalue weighted by Crippen LogP contribution is -2.23. The highest BCUT2D eigenvalue weighted by atomic mass is 16.6. The Hall–Kier alpha value is -2.63. The quantitative estimate of drug-likeness (QED) is 0.806. The first kappa shape index (κ1) is 16.2. The van der Waals surface area contributed by atoms with Crippen LogP contribution >= 0.6 is 0 Å². The van der Waals surface area contributed by atoms with Crippen LogP contribution in [-0.2, 0) is 20.8 Å². The molecule has 0 radical (unpaired) electrons. The number of ether oxygens (including phenoxy) is 2. The molecule has 24 heavy (non-hydrogen) atoms. The standard InChI is InChI=1S/C18H20N2O4/c1-11-4-6-14(7-5-11)10-20-13(3)16(12(2)19-20)18(22)24-15-8-9-23-17(15)21/h4-7,15H,8-10H2,1-3H3/t15-/m1/s1.